The van der Waals surface area contributed by atoms with Gasteiger partial charge in [0, 0.05) is 23.4 Å². The number of benzene rings is 2. The molecule has 2 amide bonds. The van der Waals surface area contributed by atoms with Crippen LogP contribution in [0, 0.1) is 13.8 Å². The van der Waals surface area contributed by atoms with Gasteiger partial charge in [0.2, 0.25) is 0 Å². The summed E-state index contributed by atoms with van der Waals surface area (Å²) in [5.74, 6) is -0.689. The van der Waals surface area contributed by atoms with Gasteiger partial charge in [-0.15, -0.1) is 0 Å². The van der Waals surface area contributed by atoms with Crippen LogP contribution in [0.3, 0.4) is 0 Å². The number of hydrogen-bond acceptors (Lipinski definition) is 6. The molecule has 0 aliphatic heterocycles. The van der Waals surface area contributed by atoms with Gasteiger partial charge in [0.1, 0.15) is 5.82 Å². The SMILES string of the molecule is Cc1cc(C)n(C(=O)c2ccc(Cc3nc(OC(=O)O)c(NC(=O)Nc4ccc(C(F)(F)F)cc4)[nH]3)cc2)n1. The van der Waals surface area contributed by atoms with E-state index < -0.39 is 29.8 Å². The van der Waals surface area contributed by atoms with Crippen LogP contribution in [0.2, 0.25) is 0 Å². The van der Waals surface area contributed by atoms with Crippen LogP contribution in [0.25, 0.3) is 0 Å². The minimum absolute atomic E-state index is 0.0658. The smallest absolute Gasteiger partial charge is 0.449 e. The van der Waals surface area contributed by atoms with Crippen molar-refractivity contribution in [2.24, 2.45) is 0 Å². The van der Waals surface area contributed by atoms with Crippen molar-refractivity contribution < 1.29 is 37.4 Å². The van der Waals surface area contributed by atoms with Gasteiger partial charge in [0.15, 0.2) is 5.82 Å². The van der Waals surface area contributed by atoms with E-state index in [2.05, 4.69) is 30.4 Å². The standard InChI is InChI=1S/C25H21F3N6O5/c1-13-11-14(2)34(33-13)22(35)16-5-3-15(4-6-16)12-19-30-20(21(31-19)39-24(37)38)32-23(36)29-18-9-7-17(8-10-18)25(26,27)28/h3-11H,12H2,1-2H3,(H,30,31)(H,37,38)(H2,29,32,36). The second-order valence-electron chi connectivity index (χ2n) is 8.40. The monoisotopic (exact) mass is 542 g/mol. The number of carbonyl (C=O) groups excluding carboxylic acids is 2. The Bertz CT molecular complexity index is 1530. The highest BCUT2D eigenvalue weighted by atomic mass is 19.4. The Kier molecular flexibility index (Phi) is 7.38. The normalized spacial score (nSPS) is 11.2. The summed E-state index contributed by atoms with van der Waals surface area (Å²) in [4.78, 5) is 43.0. The zero-order valence-corrected chi connectivity index (χ0v) is 20.5. The molecule has 0 aliphatic carbocycles. The molecular formula is C25H21F3N6O5. The molecule has 0 spiro atoms. The Morgan fingerprint density at radius 1 is 1.03 bits per heavy atom. The van der Waals surface area contributed by atoms with Crippen LogP contribution in [-0.4, -0.2) is 42.9 Å². The van der Waals surface area contributed by atoms with E-state index in [-0.39, 0.29) is 29.7 Å². The van der Waals surface area contributed by atoms with Gasteiger partial charge >= 0.3 is 18.4 Å². The summed E-state index contributed by atoms with van der Waals surface area (Å²) in [6.07, 6.45) is -6.04. The highest BCUT2D eigenvalue weighted by molar-refractivity contribution is 6.00. The number of H-pyrrole nitrogens is 1. The predicted octanol–water partition coefficient (Wildman–Crippen LogP) is 5.22. The number of aromatic amines is 1. The zero-order valence-electron chi connectivity index (χ0n) is 20.5. The van der Waals surface area contributed by atoms with Gasteiger partial charge < -0.3 is 20.1 Å². The van der Waals surface area contributed by atoms with Crippen molar-refractivity contribution in [2.45, 2.75) is 26.4 Å². The first-order valence-corrected chi connectivity index (χ1v) is 11.3. The minimum atomic E-state index is -4.52. The van der Waals surface area contributed by atoms with Crippen LogP contribution in [0.1, 0.15) is 38.7 Å². The van der Waals surface area contributed by atoms with Crippen molar-refractivity contribution in [3.8, 4) is 5.88 Å². The quantitative estimate of drug-likeness (QED) is 0.244. The van der Waals surface area contributed by atoms with Gasteiger partial charge in [-0.1, -0.05) is 12.1 Å². The van der Waals surface area contributed by atoms with Crippen molar-refractivity contribution in [3.05, 3.63) is 88.5 Å². The molecule has 4 N–H and O–H groups in total. The maximum Gasteiger partial charge on any atom is 0.512 e. The number of ether oxygens (including phenoxy) is 1. The van der Waals surface area contributed by atoms with E-state index >= 15 is 0 Å². The third kappa shape index (κ3) is 6.60. The summed E-state index contributed by atoms with van der Waals surface area (Å²) < 4.78 is 44.1. The number of anilines is 2. The van der Waals surface area contributed by atoms with Crippen LogP contribution in [0.5, 0.6) is 5.88 Å². The summed E-state index contributed by atoms with van der Waals surface area (Å²) in [6, 6.07) is 11.2. The maximum atomic E-state index is 12.7. The molecule has 0 radical (unpaired) electrons. The van der Waals surface area contributed by atoms with E-state index in [0.29, 0.717) is 22.5 Å². The lowest BCUT2D eigenvalue weighted by molar-refractivity contribution is -0.137. The molecular weight excluding hydrogens is 521 g/mol. The minimum Gasteiger partial charge on any atom is -0.449 e. The summed E-state index contributed by atoms with van der Waals surface area (Å²) >= 11 is 0. The number of hydrogen-bond donors (Lipinski definition) is 4. The summed E-state index contributed by atoms with van der Waals surface area (Å²) in [6.45, 7) is 3.56. The lowest BCUT2D eigenvalue weighted by Crippen LogP contribution is -2.20. The molecule has 0 aliphatic rings. The van der Waals surface area contributed by atoms with Crippen molar-refractivity contribution in [1.82, 2.24) is 19.7 Å². The van der Waals surface area contributed by atoms with Gasteiger partial charge in [-0.05, 0) is 61.9 Å². The number of imidazole rings is 1. The van der Waals surface area contributed by atoms with Crippen molar-refractivity contribution >= 4 is 29.6 Å². The van der Waals surface area contributed by atoms with Crippen LogP contribution in [0.15, 0.2) is 54.6 Å². The molecule has 202 valence electrons. The molecule has 0 unspecified atom stereocenters. The number of aromatic nitrogens is 4. The van der Waals surface area contributed by atoms with E-state index in [1.165, 1.54) is 4.68 Å². The Balaban J connectivity index is 1.46. The van der Waals surface area contributed by atoms with Gasteiger partial charge in [0.25, 0.3) is 11.8 Å². The highest BCUT2D eigenvalue weighted by Gasteiger charge is 2.30. The van der Waals surface area contributed by atoms with E-state index in [1.54, 1.807) is 44.2 Å². The first kappa shape index (κ1) is 26.9. The van der Waals surface area contributed by atoms with Crippen LogP contribution in [-0.2, 0) is 12.6 Å². The molecule has 0 bridgehead atoms. The highest BCUT2D eigenvalue weighted by Crippen LogP contribution is 2.30. The Labute approximate surface area is 218 Å². The predicted molar refractivity (Wildman–Crippen MR) is 132 cm³/mol. The molecule has 4 rings (SSSR count). The number of halogens is 3. The Morgan fingerprint density at radius 2 is 1.69 bits per heavy atom. The maximum absolute atomic E-state index is 12.7. The lowest BCUT2D eigenvalue weighted by Gasteiger charge is -2.09. The third-order valence-electron chi connectivity index (χ3n) is 5.39. The van der Waals surface area contributed by atoms with Crippen molar-refractivity contribution in [2.75, 3.05) is 10.6 Å². The molecule has 0 saturated carbocycles. The number of nitrogens with one attached hydrogen (secondary N) is 3. The first-order chi connectivity index (χ1) is 18.4. The molecule has 2 aromatic carbocycles. The van der Waals surface area contributed by atoms with Crippen molar-refractivity contribution in [3.63, 3.8) is 0 Å². The molecule has 2 heterocycles. The average molecular weight is 542 g/mol. The van der Waals surface area contributed by atoms with Gasteiger partial charge in [-0.3, -0.25) is 10.1 Å². The molecule has 11 nitrogen and oxygen atoms in total. The number of aryl methyl sites for hydroxylation is 2. The number of amides is 2. The fourth-order valence-corrected chi connectivity index (χ4v) is 3.66. The van der Waals surface area contributed by atoms with Crippen LogP contribution in [0.4, 0.5) is 34.3 Å². The largest absolute Gasteiger partial charge is 0.512 e. The number of urea groups is 1. The van der Waals surface area contributed by atoms with Crippen molar-refractivity contribution in [1.29, 1.82) is 0 Å². The summed E-state index contributed by atoms with van der Waals surface area (Å²) in [5, 5.41) is 17.9. The average Bonchev–Trinajstić information content (AvgIpc) is 3.39. The van der Waals surface area contributed by atoms with E-state index in [9.17, 15) is 27.6 Å². The Morgan fingerprint density at radius 3 is 2.26 bits per heavy atom. The molecule has 2 aromatic heterocycles. The van der Waals surface area contributed by atoms with Crippen LogP contribution < -0.4 is 15.4 Å². The van der Waals surface area contributed by atoms with E-state index in [0.717, 1.165) is 24.3 Å². The summed E-state index contributed by atoms with van der Waals surface area (Å²) in [5.41, 5.74) is 1.71. The topological polar surface area (TPSA) is 151 Å². The molecule has 4 aromatic rings. The molecule has 14 heteroatoms. The van der Waals surface area contributed by atoms with Gasteiger partial charge in [-0.2, -0.15) is 23.3 Å². The van der Waals surface area contributed by atoms with Gasteiger partial charge in [-0.25, -0.2) is 14.3 Å². The second kappa shape index (κ2) is 10.7. The first-order valence-electron chi connectivity index (χ1n) is 11.3. The molecule has 0 atom stereocenters. The molecule has 39 heavy (non-hydrogen) atoms. The van der Waals surface area contributed by atoms with Gasteiger partial charge in [0.05, 0.1) is 11.3 Å². The molecule has 0 fully saturated rings. The lowest BCUT2D eigenvalue weighted by atomic mass is 10.1. The van der Waals surface area contributed by atoms with Crippen LogP contribution >= 0.6 is 0 Å². The zero-order chi connectivity index (χ0) is 28.3. The van der Waals surface area contributed by atoms with E-state index in [4.69, 9.17) is 5.11 Å². The second-order valence-corrected chi connectivity index (χ2v) is 8.40. The number of alkyl halides is 3. The molecule has 0 saturated heterocycles. The van der Waals surface area contributed by atoms with E-state index in [1.807, 2.05) is 0 Å². The summed E-state index contributed by atoms with van der Waals surface area (Å²) in [7, 11) is 0. The number of rotatable bonds is 6. The number of carbonyl (C=O) groups is 3. The fraction of sp³-hybridized carbons (Fsp3) is 0.160. The third-order valence-corrected chi connectivity index (χ3v) is 5.39. The fourth-order valence-electron chi connectivity index (χ4n) is 3.66. The number of nitrogens with zero attached hydrogens (tertiary/aromatic N) is 3. The Hall–Kier alpha value is -5.14. The number of carboxylic acid groups (broad SMARTS) is 1.